The molecule has 0 atom stereocenters. The number of benzene rings is 2. The van der Waals surface area contributed by atoms with E-state index in [2.05, 4.69) is 20.2 Å². The van der Waals surface area contributed by atoms with E-state index in [4.69, 9.17) is 4.74 Å². The van der Waals surface area contributed by atoms with Gasteiger partial charge >= 0.3 is 0 Å². The number of nitrogens with zero attached hydrogens (tertiary/aromatic N) is 3. The quantitative estimate of drug-likeness (QED) is 0.773. The third kappa shape index (κ3) is 3.52. The monoisotopic (exact) mass is 334 g/mol. The van der Waals surface area contributed by atoms with Crippen LogP contribution in [0.5, 0.6) is 5.75 Å². The average Bonchev–Trinajstić information content (AvgIpc) is 2.63. The SMILES string of the molecule is O=C(COc1ccc2ccccc2c1)NC1CN(c2cnccn2)C1. The first kappa shape index (κ1) is 15.4. The average molecular weight is 334 g/mol. The summed E-state index contributed by atoms with van der Waals surface area (Å²) in [6.45, 7) is 1.49. The molecule has 6 heteroatoms. The van der Waals surface area contributed by atoms with Crippen LogP contribution in [-0.2, 0) is 4.79 Å². The number of hydrogen-bond donors (Lipinski definition) is 1. The predicted molar refractivity (Wildman–Crippen MR) is 95.6 cm³/mol. The lowest BCUT2D eigenvalue weighted by atomic mass is 10.1. The van der Waals surface area contributed by atoms with Crippen molar-refractivity contribution in [2.75, 3.05) is 24.6 Å². The van der Waals surface area contributed by atoms with Crippen LogP contribution in [0.3, 0.4) is 0 Å². The van der Waals surface area contributed by atoms with E-state index < -0.39 is 0 Å². The second-order valence-corrected chi connectivity index (χ2v) is 6.03. The summed E-state index contributed by atoms with van der Waals surface area (Å²) in [5.74, 6) is 1.42. The molecule has 1 fully saturated rings. The van der Waals surface area contributed by atoms with Crippen molar-refractivity contribution in [3.63, 3.8) is 0 Å². The van der Waals surface area contributed by atoms with Gasteiger partial charge in [0, 0.05) is 25.5 Å². The summed E-state index contributed by atoms with van der Waals surface area (Å²) in [5, 5.41) is 5.22. The minimum absolute atomic E-state index is 0.0139. The zero-order valence-electron chi connectivity index (χ0n) is 13.6. The van der Waals surface area contributed by atoms with Gasteiger partial charge in [-0.15, -0.1) is 0 Å². The molecule has 4 rings (SSSR count). The first-order valence-corrected chi connectivity index (χ1v) is 8.20. The number of rotatable bonds is 5. The Morgan fingerprint density at radius 3 is 2.80 bits per heavy atom. The van der Waals surface area contributed by atoms with Crippen LogP contribution in [0.1, 0.15) is 0 Å². The van der Waals surface area contributed by atoms with Gasteiger partial charge in [0.1, 0.15) is 11.6 Å². The highest BCUT2D eigenvalue weighted by molar-refractivity contribution is 5.84. The Kier molecular flexibility index (Phi) is 4.16. The molecule has 0 radical (unpaired) electrons. The Morgan fingerprint density at radius 2 is 2.00 bits per heavy atom. The van der Waals surface area contributed by atoms with Crippen molar-refractivity contribution in [3.05, 3.63) is 61.1 Å². The molecular weight excluding hydrogens is 316 g/mol. The lowest BCUT2D eigenvalue weighted by Crippen LogP contribution is -2.60. The summed E-state index contributed by atoms with van der Waals surface area (Å²) in [6.07, 6.45) is 5.03. The van der Waals surface area contributed by atoms with Crippen molar-refractivity contribution >= 4 is 22.5 Å². The summed E-state index contributed by atoms with van der Waals surface area (Å²) in [4.78, 5) is 22.4. The molecule has 0 spiro atoms. The van der Waals surface area contributed by atoms with Crippen molar-refractivity contribution < 1.29 is 9.53 Å². The molecule has 6 nitrogen and oxygen atoms in total. The number of anilines is 1. The second kappa shape index (κ2) is 6.76. The maximum absolute atomic E-state index is 12.0. The molecule has 2 aromatic carbocycles. The van der Waals surface area contributed by atoms with Crippen molar-refractivity contribution in [1.29, 1.82) is 0 Å². The van der Waals surface area contributed by atoms with E-state index >= 15 is 0 Å². The van der Waals surface area contributed by atoms with Crippen LogP contribution < -0.4 is 15.0 Å². The maximum atomic E-state index is 12.0. The van der Waals surface area contributed by atoms with E-state index in [1.165, 1.54) is 0 Å². The molecule has 1 aromatic heterocycles. The predicted octanol–water partition coefficient (Wildman–Crippen LogP) is 2.01. The van der Waals surface area contributed by atoms with Gasteiger partial charge in [0.15, 0.2) is 6.61 Å². The largest absolute Gasteiger partial charge is 0.484 e. The number of aromatic nitrogens is 2. The Morgan fingerprint density at radius 1 is 1.16 bits per heavy atom. The molecule has 1 amide bonds. The van der Waals surface area contributed by atoms with Crippen molar-refractivity contribution in [1.82, 2.24) is 15.3 Å². The van der Waals surface area contributed by atoms with E-state index in [9.17, 15) is 4.79 Å². The summed E-state index contributed by atoms with van der Waals surface area (Å²) in [6, 6.07) is 14.0. The minimum Gasteiger partial charge on any atom is -0.484 e. The molecule has 1 aliphatic heterocycles. The molecular formula is C19H18N4O2. The van der Waals surface area contributed by atoms with Gasteiger partial charge in [-0.25, -0.2) is 4.98 Å². The van der Waals surface area contributed by atoms with Gasteiger partial charge in [-0.3, -0.25) is 9.78 Å². The standard InChI is InChI=1S/C19H18N4O2/c24-19(22-16-11-23(12-16)18-10-20-7-8-21-18)13-25-17-6-5-14-3-1-2-4-15(14)9-17/h1-10,16H,11-13H2,(H,22,24). The van der Waals surface area contributed by atoms with E-state index in [1.807, 2.05) is 42.5 Å². The van der Waals surface area contributed by atoms with Gasteiger partial charge in [-0.1, -0.05) is 30.3 Å². The van der Waals surface area contributed by atoms with Gasteiger partial charge in [-0.05, 0) is 22.9 Å². The molecule has 25 heavy (non-hydrogen) atoms. The van der Waals surface area contributed by atoms with Gasteiger partial charge in [0.05, 0.1) is 12.2 Å². The van der Waals surface area contributed by atoms with Crippen molar-refractivity contribution in [3.8, 4) is 5.75 Å². The summed E-state index contributed by atoms with van der Waals surface area (Å²) in [5.41, 5.74) is 0. The summed E-state index contributed by atoms with van der Waals surface area (Å²) < 4.78 is 5.61. The molecule has 3 aromatic rings. The number of amides is 1. The molecule has 1 saturated heterocycles. The Bertz CT molecular complexity index is 879. The highest BCUT2D eigenvalue weighted by Crippen LogP contribution is 2.20. The van der Waals surface area contributed by atoms with Crippen LogP contribution in [0.4, 0.5) is 5.82 Å². The maximum Gasteiger partial charge on any atom is 0.258 e. The zero-order chi connectivity index (χ0) is 17.1. The fourth-order valence-corrected chi connectivity index (χ4v) is 2.89. The molecule has 1 N–H and O–H groups in total. The molecule has 126 valence electrons. The first-order valence-electron chi connectivity index (χ1n) is 8.20. The molecule has 0 bridgehead atoms. The Hall–Kier alpha value is -3.15. The third-order valence-electron chi connectivity index (χ3n) is 4.21. The molecule has 0 aliphatic carbocycles. The topological polar surface area (TPSA) is 67.3 Å². The third-order valence-corrected chi connectivity index (χ3v) is 4.21. The summed E-state index contributed by atoms with van der Waals surface area (Å²) >= 11 is 0. The molecule has 1 aliphatic rings. The number of ether oxygens (including phenoxy) is 1. The zero-order valence-corrected chi connectivity index (χ0v) is 13.6. The van der Waals surface area contributed by atoms with E-state index in [-0.39, 0.29) is 18.6 Å². The van der Waals surface area contributed by atoms with E-state index in [1.54, 1.807) is 18.6 Å². The van der Waals surface area contributed by atoms with E-state index in [0.717, 1.165) is 29.7 Å². The molecule has 2 heterocycles. The van der Waals surface area contributed by atoms with Crippen LogP contribution in [0.2, 0.25) is 0 Å². The fourth-order valence-electron chi connectivity index (χ4n) is 2.89. The minimum atomic E-state index is -0.114. The van der Waals surface area contributed by atoms with Crippen LogP contribution in [-0.4, -0.2) is 41.6 Å². The van der Waals surface area contributed by atoms with Gasteiger partial charge in [0.2, 0.25) is 0 Å². The van der Waals surface area contributed by atoms with Crippen LogP contribution in [0.15, 0.2) is 61.1 Å². The van der Waals surface area contributed by atoms with Gasteiger partial charge in [0.25, 0.3) is 5.91 Å². The van der Waals surface area contributed by atoms with Crippen LogP contribution in [0.25, 0.3) is 10.8 Å². The normalized spacial score (nSPS) is 14.2. The van der Waals surface area contributed by atoms with Crippen LogP contribution in [0, 0.1) is 0 Å². The number of nitrogens with one attached hydrogen (secondary N) is 1. The van der Waals surface area contributed by atoms with E-state index in [0.29, 0.717) is 5.75 Å². The lowest BCUT2D eigenvalue weighted by molar-refractivity contribution is -0.123. The first-order chi connectivity index (χ1) is 12.3. The number of hydrogen-bond acceptors (Lipinski definition) is 5. The van der Waals surface area contributed by atoms with Gasteiger partial charge < -0.3 is 15.0 Å². The number of carbonyl (C=O) groups excluding carboxylic acids is 1. The number of fused-ring (bicyclic) bond motifs is 1. The van der Waals surface area contributed by atoms with Crippen molar-refractivity contribution in [2.45, 2.75) is 6.04 Å². The van der Waals surface area contributed by atoms with Crippen LogP contribution >= 0.6 is 0 Å². The number of carbonyl (C=O) groups is 1. The second-order valence-electron chi connectivity index (χ2n) is 6.03. The fraction of sp³-hybridized carbons (Fsp3) is 0.211. The molecule has 0 unspecified atom stereocenters. The lowest BCUT2D eigenvalue weighted by Gasteiger charge is -2.40. The Labute approximate surface area is 145 Å². The molecule has 0 saturated carbocycles. The van der Waals surface area contributed by atoms with Crippen molar-refractivity contribution in [2.24, 2.45) is 0 Å². The summed E-state index contributed by atoms with van der Waals surface area (Å²) in [7, 11) is 0. The Balaban J connectivity index is 1.25. The smallest absolute Gasteiger partial charge is 0.258 e. The highest BCUT2D eigenvalue weighted by atomic mass is 16.5. The van der Waals surface area contributed by atoms with Gasteiger partial charge in [-0.2, -0.15) is 0 Å². The highest BCUT2D eigenvalue weighted by Gasteiger charge is 2.29.